The van der Waals surface area contributed by atoms with E-state index in [1.807, 2.05) is 0 Å². The maximum atomic E-state index is 5.55. The summed E-state index contributed by atoms with van der Waals surface area (Å²) >= 11 is 11.1. The van der Waals surface area contributed by atoms with Crippen molar-refractivity contribution in [1.82, 2.24) is 9.78 Å². The SMILES string of the molecule is Cn1nccc1C(Cl)Cl. The lowest BCUT2D eigenvalue weighted by atomic mass is 10.5. The summed E-state index contributed by atoms with van der Waals surface area (Å²) in [6.07, 6.45) is 1.66. The Hall–Kier alpha value is -0.210. The first-order valence-electron chi connectivity index (χ1n) is 2.48. The third kappa shape index (κ3) is 1.37. The van der Waals surface area contributed by atoms with Crippen LogP contribution in [-0.4, -0.2) is 9.78 Å². The van der Waals surface area contributed by atoms with Crippen LogP contribution in [0.2, 0.25) is 0 Å². The summed E-state index contributed by atoms with van der Waals surface area (Å²) in [4.78, 5) is -0.475. The van der Waals surface area contributed by atoms with E-state index in [0.717, 1.165) is 5.69 Å². The van der Waals surface area contributed by atoms with Crippen molar-refractivity contribution in [2.45, 2.75) is 4.84 Å². The fraction of sp³-hybridized carbons (Fsp3) is 0.400. The highest BCUT2D eigenvalue weighted by Crippen LogP contribution is 2.22. The van der Waals surface area contributed by atoms with Crippen LogP contribution in [0.4, 0.5) is 0 Å². The second kappa shape index (κ2) is 2.58. The monoisotopic (exact) mass is 164 g/mol. The van der Waals surface area contributed by atoms with Gasteiger partial charge in [-0.2, -0.15) is 5.10 Å². The molecule has 0 atom stereocenters. The number of hydrogen-bond donors (Lipinski definition) is 0. The summed E-state index contributed by atoms with van der Waals surface area (Å²) in [6.45, 7) is 0. The first kappa shape index (κ1) is 6.90. The molecule has 1 aromatic heterocycles. The van der Waals surface area contributed by atoms with E-state index in [1.165, 1.54) is 0 Å². The van der Waals surface area contributed by atoms with Crippen molar-refractivity contribution in [2.24, 2.45) is 7.05 Å². The van der Waals surface area contributed by atoms with Gasteiger partial charge in [0.25, 0.3) is 0 Å². The second-order valence-corrected chi connectivity index (χ2v) is 2.78. The molecular formula is C5H6Cl2N2. The minimum Gasteiger partial charge on any atom is -0.270 e. The molecule has 1 rings (SSSR count). The largest absolute Gasteiger partial charge is 0.270 e. The number of rotatable bonds is 1. The van der Waals surface area contributed by atoms with Crippen LogP contribution in [0.3, 0.4) is 0 Å². The quantitative estimate of drug-likeness (QED) is 0.581. The number of alkyl halides is 2. The molecule has 0 amide bonds. The van der Waals surface area contributed by atoms with Gasteiger partial charge in [-0.05, 0) is 6.07 Å². The molecule has 0 aromatic carbocycles. The Morgan fingerprint density at radius 1 is 1.67 bits per heavy atom. The van der Waals surface area contributed by atoms with Crippen molar-refractivity contribution < 1.29 is 0 Å². The molecule has 9 heavy (non-hydrogen) atoms. The lowest BCUT2D eigenvalue weighted by molar-refractivity contribution is 0.731. The van der Waals surface area contributed by atoms with Gasteiger partial charge in [0, 0.05) is 13.2 Å². The maximum Gasteiger partial charge on any atom is 0.149 e. The van der Waals surface area contributed by atoms with Gasteiger partial charge < -0.3 is 0 Å². The van der Waals surface area contributed by atoms with Crippen molar-refractivity contribution >= 4 is 23.2 Å². The van der Waals surface area contributed by atoms with Crippen LogP contribution in [0.15, 0.2) is 12.3 Å². The summed E-state index contributed by atoms with van der Waals surface area (Å²) in [5.41, 5.74) is 0.818. The van der Waals surface area contributed by atoms with Crippen LogP contribution in [0.25, 0.3) is 0 Å². The molecule has 0 aliphatic carbocycles. The standard InChI is InChI=1S/C5H6Cl2N2/c1-9-4(5(6)7)2-3-8-9/h2-3,5H,1H3. The Bertz CT molecular complexity index is 195. The molecule has 0 saturated heterocycles. The predicted molar refractivity (Wildman–Crippen MR) is 37.7 cm³/mol. The fourth-order valence-electron chi connectivity index (χ4n) is 0.598. The second-order valence-electron chi connectivity index (χ2n) is 1.68. The zero-order valence-electron chi connectivity index (χ0n) is 4.88. The molecule has 0 radical (unpaired) electrons. The summed E-state index contributed by atoms with van der Waals surface area (Å²) < 4.78 is 1.64. The normalized spacial score (nSPS) is 10.7. The Balaban J connectivity index is 2.94. The maximum absolute atomic E-state index is 5.55. The van der Waals surface area contributed by atoms with Crippen molar-refractivity contribution in [3.8, 4) is 0 Å². The summed E-state index contributed by atoms with van der Waals surface area (Å²) in [7, 11) is 1.80. The van der Waals surface area contributed by atoms with Gasteiger partial charge in [0.15, 0.2) is 0 Å². The summed E-state index contributed by atoms with van der Waals surface area (Å²) in [5.74, 6) is 0. The van der Waals surface area contributed by atoms with E-state index in [0.29, 0.717) is 0 Å². The van der Waals surface area contributed by atoms with E-state index in [4.69, 9.17) is 23.2 Å². The van der Waals surface area contributed by atoms with E-state index < -0.39 is 4.84 Å². The molecule has 0 fully saturated rings. The van der Waals surface area contributed by atoms with Crippen molar-refractivity contribution in [3.05, 3.63) is 18.0 Å². The van der Waals surface area contributed by atoms with E-state index in [9.17, 15) is 0 Å². The Labute approximate surface area is 63.4 Å². The highest BCUT2D eigenvalue weighted by atomic mass is 35.5. The predicted octanol–water partition coefficient (Wildman–Crippen LogP) is 1.90. The molecule has 0 spiro atoms. The van der Waals surface area contributed by atoms with Crippen molar-refractivity contribution in [2.75, 3.05) is 0 Å². The topological polar surface area (TPSA) is 17.8 Å². The minimum absolute atomic E-state index is 0.475. The lowest BCUT2D eigenvalue weighted by Crippen LogP contribution is -1.96. The third-order valence-corrected chi connectivity index (χ3v) is 1.53. The van der Waals surface area contributed by atoms with Gasteiger partial charge in [0.1, 0.15) is 4.84 Å². The first-order valence-corrected chi connectivity index (χ1v) is 3.35. The number of halogens is 2. The van der Waals surface area contributed by atoms with Crippen LogP contribution in [0, 0.1) is 0 Å². The van der Waals surface area contributed by atoms with Crippen LogP contribution in [-0.2, 0) is 7.05 Å². The number of hydrogen-bond acceptors (Lipinski definition) is 1. The van der Waals surface area contributed by atoms with Crippen LogP contribution in [0.1, 0.15) is 10.5 Å². The molecule has 0 bridgehead atoms. The van der Waals surface area contributed by atoms with Gasteiger partial charge in [-0.15, -0.1) is 0 Å². The van der Waals surface area contributed by atoms with Gasteiger partial charge in [0.2, 0.25) is 0 Å². The molecule has 1 aromatic rings. The van der Waals surface area contributed by atoms with Gasteiger partial charge in [-0.3, -0.25) is 4.68 Å². The van der Waals surface area contributed by atoms with Crippen LogP contribution < -0.4 is 0 Å². The Morgan fingerprint density at radius 2 is 2.33 bits per heavy atom. The number of aromatic nitrogens is 2. The minimum atomic E-state index is -0.475. The van der Waals surface area contributed by atoms with Crippen molar-refractivity contribution in [3.63, 3.8) is 0 Å². The third-order valence-electron chi connectivity index (χ3n) is 1.08. The summed E-state index contributed by atoms with van der Waals surface area (Å²) in [5, 5.41) is 3.89. The van der Waals surface area contributed by atoms with E-state index in [2.05, 4.69) is 5.10 Å². The molecule has 0 unspecified atom stereocenters. The van der Waals surface area contributed by atoms with Gasteiger partial charge >= 0.3 is 0 Å². The Morgan fingerprint density at radius 3 is 2.56 bits per heavy atom. The number of aryl methyl sites for hydroxylation is 1. The molecule has 0 saturated carbocycles. The highest BCUT2D eigenvalue weighted by molar-refractivity contribution is 6.43. The fourth-order valence-corrected chi connectivity index (χ4v) is 1.03. The molecule has 1 heterocycles. The smallest absolute Gasteiger partial charge is 0.149 e. The number of nitrogens with zero attached hydrogens (tertiary/aromatic N) is 2. The molecule has 0 aliphatic rings. The molecular weight excluding hydrogens is 159 g/mol. The molecule has 2 nitrogen and oxygen atoms in total. The van der Waals surface area contributed by atoms with Crippen molar-refractivity contribution in [1.29, 1.82) is 0 Å². The zero-order chi connectivity index (χ0) is 6.85. The molecule has 0 N–H and O–H groups in total. The van der Waals surface area contributed by atoms with Gasteiger partial charge in [0.05, 0.1) is 5.69 Å². The molecule has 0 aliphatic heterocycles. The Kier molecular flexibility index (Phi) is 1.98. The van der Waals surface area contributed by atoms with E-state index in [-0.39, 0.29) is 0 Å². The molecule has 4 heteroatoms. The highest BCUT2D eigenvalue weighted by Gasteiger charge is 2.05. The first-order chi connectivity index (χ1) is 4.22. The van der Waals surface area contributed by atoms with Gasteiger partial charge in [-0.1, -0.05) is 23.2 Å². The van der Waals surface area contributed by atoms with Crippen LogP contribution >= 0.6 is 23.2 Å². The average molecular weight is 165 g/mol. The van der Waals surface area contributed by atoms with Gasteiger partial charge in [-0.25, -0.2) is 0 Å². The van der Waals surface area contributed by atoms with Crippen LogP contribution in [0.5, 0.6) is 0 Å². The molecule has 50 valence electrons. The zero-order valence-corrected chi connectivity index (χ0v) is 6.39. The lowest BCUT2D eigenvalue weighted by Gasteiger charge is -1.98. The summed E-state index contributed by atoms with van der Waals surface area (Å²) in [6, 6.07) is 1.78. The average Bonchev–Trinajstić information content (AvgIpc) is 2.13. The van der Waals surface area contributed by atoms with E-state index in [1.54, 1.807) is 24.0 Å². The van der Waals surface area contributed by atoms with E-state index >= 15 is 0 Å².